The molecule has 2 heterocycles. The zero-order valence-corrected chi connectivity index (χ0v) is 15.8. The number of anilines is 1. The van der Waals surface area contributed by atoms with E-state index < -0.39 is 6.04 Å². The number of likely N-dealkylation sites (tertiary alicyclic amines) is 1. The summed E-state index contributed by atoms with van der Waals surface area (Å²) >= 11 is 0. The minimum atomic E-state index is -0.785. The summed E-state index contributed by atoms with van der Waals surface area (Å²) in [6.45, 7) is 3.97. The van der Waals surface area contributed by atoms with Crippen molar-refractivity contribution in [2.75, 3.05) is 11.9 Å². The number of rotatable bonds is 5. The van der Waals surface area contributed by atoms with Gasteiger partial charge in [0, 0.05) is 26.4 Å². The van der Waals surface area contributed by atoms with E-state index in [1.807, 2.05) is 26.0 Å². The monoisotopic (exact) mass is 358 g/mol. The van der Waals surface area contributed by atoms with Gasteiger partial charge in [-0.25, -0.2) is 0 Å². The third-order valence-electron chi connectivity index (χ3n) is 5.21. The van der Waals surface area contributed by atoms with Crippen molar-refractivity contribution in [3.05, 3.63) is 24.4 Å². The van der Waals surface area contributed by atoms with Crippen LogP contribution < -0.4 is 4.90 Å². The van der Waals surface area contributed by atoms with Crippen molar-refractivity contribution in [1.29, 1.82) is 0 Å². The van der Waals surface area contributed by atoms with Crippen molar-refractivity contribution in [3.8, 4) is 0 Å². The average molecular weight is 358 g/mol. The third-order valence-corrected chi connectivity index (χ3v) is 5.21. The molecule has 0 N–H and O–H groups in total. The number of fused-ring (bicyclic) bond motifs is 1. The predicted octanol–water partition coefficient (Wildman–Crippen LogP) is 1.75. The van der Waals surface area contributed by atoms with Crippen molar-refractivity contribution in [2.24, 2.45) is 24.8 Å². The molecule has 1 aromatic rings. The van der Waals surface area contributed by atoms with E-state index >= 15 is 0 Å². The number of aromatic nitrogens is 2. The molecule has 0 saturated carbocycles. The van der Waals surface area contributed by atoms with E-state index in [1.54, 1.807) is 31.0 Å². The van der Waals surface area contributed by atoms with Gasteiger partial charge in [-0.3, -0.25) is 28.9 Å². The highest BCUT2D eigenvalue weighted by molar-refractivity contribution is 6.10. The van der Waals surface area contributed by atoms with E-state index in [9.17, 15) is 14.4 Å². The molecule has 0 radical (unpaired) electrons. The van der Waals surface area contributed by atoms with Gasteiger partial charge in [0.2, 0.25) is 11.8 Å². The summed E-state index contributed by atoms with van der Waals surface area (Å²) in [5.74, 6) is -0.668. The first-order valence-electron chi connectivity index (χ1n) is 9.10. The summed E-state index contributed by atoms with van der Waals surface area (Å²) in [6, 6.07) is 0.953. The van der Waals surface area contributed by atoms with Crippen LogP contribution in [0.4, 0.5) is 5.82 Å². The number of aryl methyl sites for hydroxylation is 1. The largest absolute Gasteiger partial charge is 0.297 e. The zero-order chi connectivity index (χ0) is 19.0. The molecule has 1 aliphatic carbocycles. The Kier molecular flexibility index (Phi) is 4.98. The van der Waals surface area contributed by atoms with Crippen LogP contribution in [0.1, 0.15) is 33.1 Å². The first kappa shape index (κ1) is 18.4. The molecule has 7 heteroatoms. The molecule has 3 rings (SSSR count). The number of hydrogen-bond donors (Lipinski definition) is 0. The van der Waals surface area contributed by atoms with E-state index in [4.69, 9.17) is 0 Å². The van der Waals surface area contributed by atoms with Gasteiger partial charge in [0.1, 0.15) is 6.04 Å². The lowest BCUT2D eigenvalue weighted by atomic mass is 9.85. The molecule has 1 aliphatic heterocycles. The fraction of sp³-hybridized carbons (Fsp3) is 0.579. The van der Waals surface area contributed by atoms with Gasteiger partial charge in [-0.2, -0.15) is 5.10 Å². The van der Waals surface area contributed by atoms with Crippen molar-refractivity contribution in [3.63, 3.8) is 0 Å². The van der Waals surface area contributed by atoms with Crippen molar-refractivity contribution >= 4 is 23.5 Å². The van der Waals surface area contributed by atoms with E-state index in [-0.39, 0.29) is 35.5 Å². The second-order valence-electron chi connectivity index (χ2n) is 7.59. The molecular weight excluding hydrogens is 332 g/mol. The maximum Gasteiger partial charge on any atom is 0.251 e. The van der Waals surface area contributed by atoms with Gasteiger partial charge in [-0.15, -0.1) is 0 Å². The van der Waals surface area contributed by atoms with Crippen molar-refractivity contribution in [1.82, 2.24) is 14.7 Å². The quantitative estimate of drug-likeness (QED) is 0.594. The van der Waals surface area contributed by atoms with E-state index in [1.165, 1.54) is 9.80 Å². The van der Waals surface area contributed by atoms with Crippen LogP contribution >= 0.6 is 0 Å². The first-order valence-corrected chi connectivity index (χ1v) is 9.10. The second-order valence-corrected chi connectivity index (χ2v) is 7.59. The Balaban J connectivity index is 1.89. The molecular formula is C19H26N4O3. The lowest BCUT2D eigenvalue weighted by molar-refractivity contribution is -0.147. The maximum absolute atomic E-state index is 13.2. The van der Waals surface area contributed by atoms with Gasteiger partial charge in [-0.05, 0) is 25.2 Å². The number of likely N-dealkylation sites (N-methyl/N-ethyl adjacent to an activating group) is 1. The predicted molar refractivity (Wildman–Crippen MR) is 97.1 cm³/mol. The van der Waals surface area contributed by atoms with E-state index in [2.05, 4.69) is 5.10 Å². The van der Waals surface area contributed by atoms with E-state index in [0.29, 0.717) is 25.1 Å². The summed E-state index contributed by atoms with van der Waals surface area (Å²) < 4.78 is 1.61. The SMILES string of the molecule is CC(C)CC(C(=O)N(C)c1ccn(C)n1)N1C(=O)C2CC=CCC2C1=O. The van der Waals surface area contributed by atoms with Gasteiger partial charge in [0.05, 0.1) is 11.8 Å². The molecule has 0 bridgehead atoms. The number of carbonyl (C=O) groups excluding carboxylic acids is 3. The highest BCUT2D eigenvalue weighted by atomic mass is 16.2. The third kappa shape index (κ3) is 3.18. The van der Waals surface area contributed by atoms with Crippen LogP contribution in [-0.4, -0.2) is 45.5 Å². The van der Waals surface area contributed by atoms with Gasteiger partial charge in [-0.1, -0.05) is 26.0 Å². The number of imide groups is 1. The highest BCUT2D eigenvalue weighted by Gasteiger charge is 2.51. The topological polar surface area (TPSA) is 75.5 Å². The Hall–Kier alpha value is -2.44. The van der Waals surface area contributed by atoms with Crippen molar-refractivity contribution < 1.29 is 14.4 Å². The van der Waals surface area contributed by atoms with Crippen LogP contribution in [0.15, 0.2) is 24.4 Å². The lowest BCUT2D eigenvalue weighted by Crippen LogP contribution is -2.51. The number of amides is 3. The highest BCUT2D eigenvalue weighted by Crippen LogP contribution is 2.37. The molecule has 140 valence electrons. The molecule has 3 amide bonds. The van der Waals surface area contributed by atoms with E-state index in [0.717, 1.165) is 0 Å². The first-order chi connectivity index (χ1) is 12.3. The van der Waals surface area contributed by atoms with Crippen LogP contribution in [0, 0.1) is 17.8 Å². The Labute approximate surface area is 153 Å². The molecule has 1 aromatic heterocycles. The summed E-state index contributed by atoms with van der Waals surface area (Å²) in [5.41, 5.74) is 0. The summed E-state index contributed by atoms with van der Waals surface area (Å²) in [7, 11) is 3.41. The van der Waals surface area contributed by atoms with Crippen LogP contribution in [-0.2, 0) is 21.4 Å². The second kappa shape index (κ2) is 7.05. The number of carbonyl (C=O) groups is 3. The van der Waals surface area contributed by atoms with Gasteiger partial charge in [0.15, 0.2) is 5.82 Å². The number of hydrogen-bond acceptors (Lipinski definition) is 4. The van der Waals surface area contributed by atoms with Crippen molar-refractivity contribution in [2.45, 2.75) is 39.2 Å². The molecule has 3 unspecified atom stereocenters. The minimum absolute atomic E-state index is 0.169. The van der Waals surface area contributed by atoms with Crippen LogP contribution in [0.5, 0.6) is 0 Å². The van der Waals surface area contributed by atoms with Crippen LogP contribution in [0.3, 0.4) is 0 Å². The minimum Gasteiger partial charge on any atom is -0.297 e. The Morgan fingerprint density at radius 1 is 1.23 bits per heavy atom. The van der Waals surface area contributed by atoms with Crippen LogP contribution in [0.2, 0.25) is 0 Å². The van der Waals surface area contributed by atoms with Gasteiger partial charge in [0.25, 0.3) is 5.91 Å². The average Bonchev–Trinajstić information content (AvgIpc) is 3.14. The van der Waals surface area contributed by atoms with Gasteiger partial charge < -0.3 is 0 Å². The molecule has 0 spiro atoms. The smallest absolute Gasteiger partial charge is 0.251 e. The molecule has 3 atom stereocenters. The standard InChI is InChI=1S/C19H26N4O3/c1-12(2)11-15(19(26)22(4)16-9-10-21(3)20-16)23-17(24)13-7-5-6-8-14(13)18(23)25/h5-6,9-10,12-15H,7-8,11H2,1-4H3. The summed E-state index contributed by atoms with van der Waals surface area (Å²) in [4.78, 5) is 41.7. The fourth-order valence-corrected chi connectivity index (χ4v) is 3.81. The van der Waals surface area contributed by atoms with Crippen LogP contribution in [0.25, 0.3) is 0 Å². The van der Waals surface area contributed by atoms with Gasteiger partial charge >= 0.3 is 0 Å². The molecule has 2 aliphatic rings. The number of nitrogens with zero attached hydrogens (tertiary/aromatic N) is 4. The fourth-order valence-electron chi connectivity index (χ4n) is 3.81. The maximum atomic E-state index is 13.2. The normalized spacial score (nSPS) is 23.5. The summed E-state index contributed by atoms with van der Waals surface area (Å²) in [5, 5.41) is 4.25. The Morgan fingerprint density at radius 2 is 1.81 bits per heavy atom. The summed E-state index contributed by atoms with van der Waals surface area (Å²) in [6.07, 6.45) is 7.25. The molecule has 1 saturated heterocycles. The molecule has 0 aromatic carbocycles. The molecule has 1 fully saturated rings. The Morgan fingerprint density at radius 3 is 2.27 bits per heavy atom. The lowest BCUT2D eigenvalue weighted by Gasteiger charge is -2.30. The zero-order valence-electron chi connectivity index (χ0n) is 15.8. The molecule has 7 nitrogen and oxygen atoms in total. The number of allylic oxidation sites excluding steroid dienone is 2. The Bertz CT molecular complexity index is 726. The molecule has 26 heavy (non-hydrogen) atoms.